The van der Waals surface area contributed by atoms with E-state index in [1.807, 2.05) is 18.2 Å². The molecular formula is C26H21FN4O2. The maximum absolute atomic E-state index is 13.2. The van der Waals surface area contributed by atoms with Gasteiger partial charge in [-0.15, -0.1) is 0 Å². The minimum atomic E-state index is -0.322. The van der Waals surface area contributed by atoms with Crippen LogP contribution < -0.4 is 10.6 Å². The van der Waals surface area contributed by atoms with Gasteiger partial charge in [0.1, 0.15) is 17.5 Å². The first kappa shape index (κ1) is 21.9. The molecule has 0 spiro atoms. The van der Waals surface area contributed by atoms with Crippen LogP contribution in [0.4, 0.5) is 27.4 Å². The fraction of sp³-hybridized carbons (Fsp3) is 0.0385. The minimum absolute atomic E-state index is 0.0370. The van der Waals surface area contributed by atoms with E-state index in [0.29, 0.717) is 28.5 Å². The molecule has 33 heavy (non-hydrogen) atoms. The lowest BCUT2D eigenvalue weighted by Gasteiger charge is -2.10. The summed E-state index contributed by atoms with van der Waals surface area (Å²) in [4.78, 5) is 21.6. The van der Waals surface area contributed by atoms with Crippen molar-refractivity contribution in [1.29, 1.82) is 0 Å². The van der Waals surface area contributed by atoms with Gasteiger partial charge in [0.05, 0.1) is 12.2 Å². The zero-order valence-electron chi connectivity index (χ0n) is 17.6. The van der Waals surface area contributed by atoms with Crippen LogP contribution in [0.1, 0.15) is 21.5 Å². The van der Waals surface area contributed by atoms with Crippen molar-refractivity contribution in [3.8, 4) is 0 Å². The van der Waals surface area contributed by atoms with Crippen molar-refractivity contribution < 1.29 is 14.3 Å². The molecule has 0 atom stereocenters. The lowest BCUT2D eigenvalue weighted by molar-refractivity contribution is 0.104. The molecule has 0 fully saturated rings. The van der Waals surface area contributed by atoms with Crippen molar-refractivity contribution in [1.82, 2.24) is 9.97 Å². The topological polar surface area (TPSA) is 87.1 Å². The average molecular weight is 440 g/mol. The molecule has 7 heteroatoms. The van der Waals surface area contributed by atoms with Crippen LogP contribution in [0.2, 0.25) is 0 Å². The Kier molecular flexibility index (Phi) is 6.82. The number of hydrogen-bond donors (Lipinski definition) is 3. The summed E-state index contributed by atoms with van der Waals surface area (Å²) in [6, 6.07) is 20.2. The van der Waals surface area contributed by atoms with Crippen LogP contribution in [0.25, 0.3) is 6.08 Å². The van der Waals surface area contributed by atoms with E-state index < -0.39 is 0 Å². The van der Waals surface area contributed by atoms with Crippen molar-refractivity contribution >= 4 is 34.9 Å². The number of benzene rings is 2. The molecule has 3 N–H and O–H groups in total. The standard InChI is InChI=1S/C26H21FN4O2/c27-20-8-12-22(13-9-20)30-25-19(3-1-15-28-25)7-14-24(33)23-4-2-16-29-26(23)31-21-10-5-18(17-32)6-11-21/h1-16,32H,17H2,(H,28,30)(H,29,31). The average Bonchev–Trinajstić information content (AvgIpc) is 2.85. The fourth-order valence-electron chi connectivity index (χ4n) is 3.12. The molecule has 0 saturated heterocycles. The predicted octanol–water partition coefficient (Wildman–Crippen LogP) is 5.49. The molecular weight excluding hydrogens is 419 g/mol. The van der Waals surface area contributed by atoms with Crippen molar-refractivity contribution in [3.63, 3.8) is 0 Å². The van der Waals surface area contributed by atoms with Crippen LogP contribution in [0.5, 0.6) is 0 Å². The molecule has 6 nitrogen and oxygen atoms in total. The van der Waals surface area contributed by atoms with Crippen LogP contribution in [0.3, 0.4) is 0 Å². The SMILES string of the molecule is O=C(C=Cc1cccnc1Nc1ccc(F)cc1)c1cccnc1Nc1ccc(CO)cc1. The zero-order chi connectivity index (χ0) is 23.0. The third kappa shape index (κ3) is 5.66. The van der Waals surface area contributed by atoms with E-state index in [9.17, 15) is 14.3 Å². The highest BCUT2D eigenvalue weighted by Crippen LogP contribution is 2.22. The molecule has 0 unspecified atom stereocenters. The highest BCUT2D eigenvalue weighted by molar-refractivity contribution is 6.10. The maximum atomic E-state index is 13.2. The molecule has 0 amide bonds. The van der Waals surface area contributed by atoms with Gasteiger partial charge in [-0.05, 0) is 78.4 Å². The van der Waals surface area contributed by atoms with E-state index in [-0.39, 0.29) is 18.2 Å². The quantitative estimate of drug-likeness (QED) is 0.248. The number of aromatic nitrogens is 2. The van der Waals surface area contributed by atoms with Crippen molar-refractivity contribution in [3.05, 3.63) is 114 Å². The van der Waals surface area contributed by atoms with Gasteiger partial charge in [0, 0.05) is 29.3 Å². The van der Waals surface area contributed by atoms with Gasteiger partial charge in [0.25, 0.3) is 0 Å². The van der Waals surface area contributed by atoms with Crippen molar-refractivity contribution in [2.24, 2.45) is 0 Å². The molecule has 164 valence electrons. The van der Waals surface area contributed by atoms with E-state index in [1.165, 1.54) is 18.2 Å². The van der Waals surface area contributed by atoms with Crippen LogP contribution in [-0.2, 0) is 6.61 Å². The summed E-state index contributed by atoms with van der Waals surface area (Å²) in [6.45, 7) is -0.0370. The van der Waals surface area contributed by atoms with E-state index in [4.69, 9.17) is 0 Å². The van der Waals surface area contributed by atoms with Crippen LogP contribution in [0.15, 0.2) is 91.3 Å². The number of allylic oxidation sites excluding steroid dienone is 1. The molecule has 4 aromatic rings. The zero-order valence-corrected chi connectivity index (χ0v) is 17.6. The number of nitrogens with zero attached hydrogens (tertiary/aromatic N) is 2. The number of halogens is 1. The van der Waals surface area contributed by atoms with Crippen LogP contribution in [-0.4, -0.2) is 20.9 Å². The largest absolute Gasteiger partial charge is 0.392 e. The third-order valence-corrected chi connectivity index (χ3v) is 4.83. The highest BCUT2D eigenvalue weighted by atomic mass is 19.1. The van der Waals surface area contributed by atoms with Crippen LogP contribution in [0, 0.1) is 5.82 Å². The maximum Gasteiger partial charge on any atom is 0.189 e. The number of carbonyl (C=O) groups excluding carboxylic acids is 1. The van der Waals surface area contributed by atoms with Gasteiger partial charge in [0.2, 0.25) is 0 Å². The van der Waals surface area contributed by atoms with E-state index >= 15 is 0 Å². The normalized spacial score (nSPS) is 10.8. The van der Waals surface area contributed by atoms with E-state index in [2.05, 4.69) is 20.6 Å². The molecule has 0 saturated carbocycles. The van der Waals surface area contributed by atoms with E-state index in [0.717, 1.165) is 11.3 Å². The summed E-state index contributed by atoms with van der Waals surface area (Å²) in [7, 11) is 0. The number of aliphatic hydroxyl groups excluding tert-OH is 1. The Bertz CT molecular complexity index is 1270. The van der Waals surface area contributed by atoms with E-state index in [1.54, 1.807) is 60.9 Å². The first-order valence-electron chi connectivity index (χ1n) is 10.2. The molecule has 0 aliphatic rings. The molecule has 0 radical (unpaired) electrons. The number of aliphatic hydroxyl groups is 1. The van der Waals surface area contributed by atoms with Gasteiger partial charge in [0.15, 0.2) is 5.78 Å². The molecule has 2 aromatic carbocycles. The number of hydrogen-bond acceptors (Lipinski definition) is 6. The summed E-state index contributed by atoms with van der Waals surface area (Å²) in [5.74, 6) is 0.424. The lowest BCUT2D eigenvalue weighted by atomic mass is 10.1. The molecule has 2 heterocycles. The minimum Gasteiger partial charge on any atom is -0.392 e. The number of anilines is 4. The Hall–Kier alpha value is -4.36. The summed E-state index contributed by atoms with van der Waals surface area (Å²) in [5.41, 5.74) is 3.34. The summed E-state index contributed by atoms with van der Waals surface area (Å²) in [5, 5.41) is 15.5. The molecule has 0 aliphatic carbocycles. The number of ketones is 1. The Morgan fingerprint density at radius 1 is 0.848 bits per heavy atom. The van der Waals surface area contributed by atoms with Crippen molar-refractivity contribution in [2.75, 3.05) is 10.6 Å². The number of carbonyl (C=O) groups is 1. The van der Waals surface area contributed by atoms with Gasteiger partial charge < -0.3 is 15.7 Å². The molecule has 0 aliphatic heterocycles. The monoisotopic (exact) mass is 440 g/mol. The van der Waals surface area contributed by atoms with Gasteiger partial charge >= 0.3 is 0 Å². The number of pyridine rings is 2. The van der Waals surface area contributed by atoms with Gasteiger partial charge in [-0.1, -0.05) is 12.1 Å². The van der Waals surface area contributed by atoms with Gasteiger partial charge in [-0.2, -0.15) is 0 Å². The number of rotatable bonds is 8. The third-order valence-electron chi connectivity index (χ3n) is 4.83. The first-order valence-corrected chi connectivity index (χ1v) is 10.2. The van der Waals surface area contributed by atoms with Gasteiger partial charge in [-0.3, -0.25) is 4.79 Å². The summed E-state index contributed by atoms with van der Waals surface area (Å²) >= 11 is 0. The van der Waals surface area contributed by atoms with Crippen LogP contribution >= 0.6 is 0 Å². The predicted molar refractivity (Wildman–Crippen MR) is 127 cm³/mol. The Morgan fingerprint density at radius 2 is 1.45 bits per heavy atom. The molecule has 0 bridgehead atoms. The summed E-state index contributed by atoms with van der Waals surface area (Å²) < 4.78 is 13.2. The smallest absolute Gasteiger partial charge is 0.189 e. The second kappa shape index (κ2) is 10.3. The Labute approximate surface area is 190 Å². The summed E-state index contributed by atoms with van der Waals surface area (Å²) in [6.07, 6.45) is 6.38. The number of nitrogens with one attached hydrogen (secondary N) is 2. The highest BCUT2D eigenvalue weighted by Gasteiger charge is 2.11. The Balaban J connectivity index is 1.53. The second-order valence-corrected chi connectivity index (χ2v) is 7.15. The first-order chi connectivity index (χ1) is 16.1. The Morgan fingerprint density at radius 3 is 2.15 bits per heavy atom. The second-order valence-electron chi connectivity index (χ2n) is 7.15. The lowest BCUT2D eigenvalue weighted by Crippen LogP contribution is -2.03. The fourth-order valence-corrected chi connectivity index (χ4v) is 3.12. The van der Waals surface area contributed by atoms with Gasteiger partial charge in [-0.25, -0.2) is 14.4 Å². The molecule has 2 aromatic heterocycles. The van der Waals surface area contributed by atoms with Crippen molar-refractivity contribution in [2.45, 2.75) is 6.61 Å². The molecule has 4 rings (SSSR count).